The molecule has 6 heteroatoms. The number of hydrogen-bond acceptors (Lipinski definition) is 4. The molecule has 0 fully saturated rings. The topological polar surface area (TPSA) is 64.6 Å². The van der Waals surface area contributed by atoms with Gasteiger partial charge in [-0.25, -0.2) is 13.1 Å². The van der Waals surface area contributed by atoms with Crippen LogP contribution in [0.4, 0.5) is 0 Å². The molecule has 1 atom stereocenters. The van der Waals surface area contributed by atoms with Crippen molar-refractivity contribution in [2.24, 2.45) is 0 Å². The molecule has 5 nitrogen and oxygen atoms in total. The molecule has 1 aliphatic heterocycles. The van der Waals surface area contributed by atoms with E-state index in [1.165, 1.54) is 0 Å². The molecule has 0 saturated carbocycles. The average Bonchev–Trinajstić information content (AvgIpc) is 2.64. The fourth-order valence-corrected chi connectivity index (χ4v) is 2.54. The van der Waals surface area contributed by atoms with E-state index in [1.54, 1.807) is 0 Å². The van der Waals surface area contributed by atoms with E-state index in [0.29, 0.717) is 6.61 Å². The smallest absolute Gasteiger partial charge is 0.209 e. The van der Waals surface area contributed by atoms with Gasteiger partial charge < -0.3 is 9.47 Å². The fraction of sp³-hybridized carbons (Fsp3) is 0.538. The van der Waals surface area contributed by atoms with Crippen molar-refractivity contribution in [1.29, 1.82) is 0 Å². The van der Waals surface area contributed by atoms with Crippen LogP contribution < -0.4 is 14.2 Å². The van der Waals surface area contributed by atoms with E-state index in [2.05, 4.69) is 4.72 Å². The number of fused-ring (bicyclic) bond motifs is 1. The molecule has 0 radical (unpaired) electrons. The van der Waals surface area contributed by atoms with Crippen LogP contribution >= 0.6 is 0 Å². The summed E-state index contributed by atoms with van der Waals surface area (Å²) < 4.78 is 36.1. The molecule has 0 aliphatic carbocycles. The Hall–Kier alpha value is -1.27. The first-order valence-electron chi connectivity index (χ1n) is 6.29. The summed E-state index contributed by atoms with van der Waals surface area (Å²) in [6, 6.07) is 3.81. The minimum absolute atomic E-state index is 0.155. The zero-order chi connectivity index (χ0) is 14.0. The molecule has 1 aromatic carbocycles. The van der Waals surface area contributed by atoms with Crippen molar-refractivity contribution in [3.63, 3.8) is 0 Å². The van der Waals surface area contributed by atoms with Gasteiger partial charge in [-0.1, -0.05) is 0 Å². The van der Waals surface area contributed by atoms with Crippen molar-refractivity contribution < 1.29 is 17.9 Å². The Bertz CT molecular complexity index is 568. The number of sulfonamides is 1. The molecule has 1 N–H and O–H groups in total. The normalized spacial score (nSPS) is 17.9. The molecule has 0 bridgehead atoms. The van der Waals surface area contributed by atoms with Gasteiger partial charge in [0.15, 0.2) is 0 Å². The van der Waals surface area contributed by atoms with Crippen LogP contribution in [0.1, 0.15) is 25.0 Å². The van der Waals surface area contributed by atoms with Gasteiger partial charge in [-0.05, 0) is 26.0 Å². The van der Waals surface area contributed by atoms with Gasteiger partial charge in [-0.15, -0.1) is 0 Å². The monoisotopic (exact) mass is 285 g/mol. The van der Waals surface area contributed by atoms with Crippen molar-refractivity contribution >= 4 is 10.0 Å². The third-order valence-corrected chi connectivity index (χ3v) is 3.57. The quantitative estimate of drug-likeness (QED) is 0.889. The minimum atomic E-state index is -3.23. The first-order valence-corrected chi connectivity index (χ1v) is 8.18. The predicted molar refractivity (Wildman–Crippen MR) is 73.1 cm³/mol. The van der Waals surface area contributed by atoms with Crippen LogP contribution in [0.15, 0.2) is 12.1 Å². The highest BCUT2D eigenvalue weighted by atomic mass is 32.2. The maximum atomic E-state index is 11.2. The van der Waals surface area contributed by atoms with E-state index in [9.17, 15) is 8.42 Å². The molecule has 1 heterocycles. The van der Waals surface area contributed by atoms with Gasteiger partial charge in [0.25, 0.3) is 0 Å². The van der Waals surface area contributed by atoms with Crippen molar-refractivity contribution in [2.75, 3.05) is 12.9 Å². The van der Waals surface area contributed by atoms with Crippen LogP contribution in [0.3, 0.4) is 0 Å². The molecule has 0 amide bonds. The summed E-state index contributed by atoms with van der Waals surface area (Å²) in [5, 5.41) is 0. The predicted octanol–water partition coefficient (Wildman–Crippen LogP) is 1.46. The van der Waals surface area contributed by atoms with Crippen LogP contribution in [-0.4, -0.2) is 27.4 Å². The lowest BCUT2D eigenvalue weighted by molar-refractivity contribution is 0.254. The molecule has 1 aromatic rings. The minimum Gasteiger partial charge on any atom is -0.494 e. The summed E-state index contributed by atoms with van der Waals surface area (Å²) >= 11 is 0. The van der Waals surface area contributed by atoms with Gasteiger partial charge in [-0.3, -0.25) is 0 Å². The van der Waals surface area contributed by atoms with E-state index in [4.69, 9.17) is 9.47 Å². The van der Waals surface area contributed by atoms with Crippen molar-refractivity contribution in [3.05, 3.63) is 23.3 Å². The Morgan fingerprint density at radius 3 is 2.84 bits per heavy atom. The van der Waals surface area contributed by atoms with Crippen LogP contribution in [0.5, 0.6) is 11.5 Å². The van der Waals surface area contributed by atoms with Gasteiger partial charge in [0.05, 0.1) is 12.9 Å². The maximum Gasteiger partial charge on any atom is 0.209 e. The largest absolute Gasteiger partial charge is 0.494 e. The summed E-state index contributed by atoms with van der Waals surface area (Å²) in [4.78, 5) is 0. The second kappa shape index (κ2) is 5.38. The Morgan fingerprint density at radius 1 is 1.47 bits per heavy atom. The van der Waals surface area contributed by atoms with Crippen LogP contribution in [0.2, 0.25) is 0 Å². The molecule has 2 rings (SSSR count). The van der Waals surface area contributed by atoms with Gasteiger partial charge in [0.2, 0.25) is 10.0 Å². The lowest BCUT2D eigenvalue weighted by Gasteiger charge is -2.12. The SMILES string of the molecule is CCOc1cc2c(cc1CNS(C)(=O)=O)OC(C)C2. The molecule has 0 spiro atoms. The van der Waals surface area contributed by atoms with E-state index in [1.807, 2.05) is 26.0 Å². The van der Waals surface area contributed by atoms with E-state index in [0.717, 1.165) is 35.3 Å². The zero-order valence-corrected chi connectivity index (χ0v) is 12.2. The highest BCUT2D eigenvalue weighted by Gasteiger charge is 2.22. The molecular weight excluding hydrogens is 266 g/mol. The van der Waals surface area contributed by atoms with Crippen LogP contribution in [0, 0.1) is 0 Å². The van der Waals surface area contributed by atoms with Gasteiger partial charge in [-0.2, -0.15) is 0 Å². The summed E-state index contributed by atoms with van der Waals surface area (Å²) in [6.07, 6.45) is 2.15. The lowest BCUT2D eigenvalue weighted by Crippen LogP contribution is -2.21. The van der Waals surface area contributed by atoms with Gasteiger partial charge in [0, 0.05) is 24.1 Å². The standard InChI is InChI=1S/C13H19NO4S/c1-4-17-12-6-10-5-9(2)18-13(10)7-11(12)8-14-19(3,15)16/h6-7,9,14H,4-5,8H2,1-3H3. The third kappa shape index (κ3) is 3.61. The van der Waals surface area contributed by atoms with Crippen LogP contribution in [0.25, 0.3) is 0 Å². The molecule has 106 valence electrons. The van der Waals surface area contributed by atoms with Crippen molar-refractivity contribution in [1.82, 2.24) is 4.72 Å². The number of benzene rings is 1. The fourth-order valence-electron chi connectivity index (χ4n) is 2.12. The number of hydrogen-bond donors (Lipinski definition) is 1. The van der Waals surface area contributed by atoms with Gasteiger partial charge >= 0.3 is 0 Å². The summed E-state index contributed by atoms with van der Waals surface area (Å²) in [6.45, 7) is 4.66. The molecular formula is C13H19NO4S. The molecule has 0 saturated heterocycles. The summed E-state index contributed by atoms with van der Waals surface area (Å²) in [7, 11) is -3.23. The number of rotatable bonds is 5. The Kier molecular flexibility index (Phi) is 4.01. The zero-order valence-electron chi connectivity index (χ0n) is 11.4. The number of ether oxygens (including phenoxy) is 2. The second-order valence-corrected chi connectivity index (χ2v) is 6.56. The Labute approximate surface area is 114 Å². The maximum absolute atomic E-state index is 11.2. The first kappa shape index (κ1) is 14.1. The van der Waals surface area contributed by atoms with Crippen molar-refractivity contribution in [3.8, 4) is 11.5 Å². The second-order valence-electron chi connectivity index (χ2n) is 4.73. The highest BCUT2D eigenvalue weighted by molar-refractivity contribution is 7.88. The summed E-state index contributed by atoms with van der Waals surface area (Å²) in [5.41, 5.74) is 1.90. The molecule has 0 aromatic heterocycles. The summed E-state index contributed by atoms with van der Waals surface area (Å²) in [5.74, 6) is 1.54. The highest BCUT2D eigenvalue weighted by Crippen LogP contribution is 2.35. The Morgan fingerprint density at radius 2 is 2.21 bits per heavy atom. The van der Waals surface area contributed by atoms with E-state index < -0.39 is 10.0 Å². The third-order valence-electron chi connectivity index (χ3n) is 2.90. The van der Waals surface area contributed by atoms with E-state index >= 15 is 0 Å². The number of nitrogens with one attached hydrogen (secondary N) is 1. The van der Waals surface area contributed by atoms with Crippen LogP contribution in [-0.2, 0) is 23.0 Å². The van der Waals surface area contributed by atoms with Crippen molar-refractivity contribution in [2.45, 2.75) is 32.9 Å². The molecule has 1 aliphatic rings. The molecule has 1 unspecified atom stereocenters. The first-order chi connectivity index (χ1) is 8.89. The van der Waals surface area contributed by atoms with Gasteiger partial charge in [0.1, 0.15) is 17.6 Å². The molecule has 19 heavy (non-hydrogen) atoms. The lowest BCUT2D eigenvalue weighted by atomic mass is 10.1. The van der Waals surface area contributed by atoms with E-state index in [-0.39, 0.29) is 12.6 Å². The average molecular weight is 285 g/mol. The Balaban J connectivity index is 2.28.